The van der Waals surface area contributed by atoms with Gasteiger partial charge in [0.1, 0.15) is 5.92 Å². The first-order valence-corrected chi connectivity index (χ1v) is 5.87. The smallest absolute Gasteiger partial charge is 0.323 e. The lowest BCUT2D eigenvalue weighted by Crippen LogP contribution is -2.18. The second kappa shape index (κ2) is 5.37. The molecule has 2 aromatic rings. The molecule has 1 heterocycles. The maximum absolute atomic E-state index is 11.5. The van der Waals surface area contributed by atoms with Gasteiger partial charge in [-0.25, -0.2) is 0 Å². The summed E-state index contributed by atoms with van der Waals surface area (Å²) in [5.74, 6) is -1.19. The molecule has 2 rings (SSSR count). The number of H-pyrrole nitrogens is 1. The fraction of sp³-hybridized carbons (Fsp3) is 0.286. The number of carbonyl (C=O) groups is 1. The van der Waals surface area contributed by atoms with Crippen molar-refractivity contribution in [3.63, 3.8) is 0 Å². The van der Waals surface area contributed by atoms with Crippen LogP contribution in [0.1, 0.15) is 12.5 Å². The van der Waals surface area contributed by atoms with Crippen LogP contribution in [0, 0.1) is 17.2 Å². The van der Waals surface area contributed by atoms with E-state index in [0.717, 1.165) is 16.5 Å². The summed E-state index contributed by atoms with van der Waals surface area (Å²) in [6, 6.07) is 9.83. The van der Waals surface area contributed by atoms with Crippen molar-refractivity contribution in [2.45, 2.75) is 13.3 Å². The molecule has 0 saturated heterocycles. The zero-order valence-corrected chi connectivity index (χ0v) is 10.1. The molecule has 0 amide bonds. The summed E-state index contributed by atoms with van der Waals surface area (Å²) in [6.07, 6.45) is 2.24. The molecule has 0 aliphatic rings. The summed E-state index contributed by atoms with van der Waals surface area (Å²) >= 11 is 0. The largest absolute Gasteiger partial charge is 0.465 e. The van der Waals surface area contributed by atoms with Crippen molar-refractivity contribution < 1.29 is 9.53 Å². The fourth-order valence-corrected chi connectivity index (χ4v) is 1.88. The summed E-state index contributed by atoms with van der Waals surface area (Å²) in [7, 11) is 0. The minimum atomic E-state index is -0.739. The molecular formula is C14H14N2O2. The topological polar surface area (TPSA) is 65.9 Å². The quantitative estimate of drug-likeness (QED) is 0.837. The third kappa shape index (κ3) is 2.51. The van der Waals surface area contributed by atoms with E-state index >= 15 is 0 Å². The summed E-state index contributed by atoms with van der Waals surface area (Å²) in [5, 5.41) is 10.1. The molecule has 92 valence electrons. The highest BCUT2D eigenvalue weighted by molar-refractivity contribution is 5.80. The Morgan fingerprint density at radius 3 is 3.06 bits per heavy atom. The van der Waals surface area contributed by atoms with Crippen LogP contribution in [0.2, 0.25) is 0 Å². The van der Waals surface area contributed by atoms with E-state index < -0.39 is 11.9 Å². The molecule has 1 atom stereocenters. The number of hydrogen-bond acceptors (Lipinski definition) is 3. The van der Waals surface area contributed by atoms with Gasteiger partial charge in [-0.05, 0) is 36.4 Å². The van der Waals surface area contributed by atoms with Gasteiger partial charge in [0.15, 0.2) is 0 Å². The van der Waals surface area contributed by atoms with Crippen LogP contribution in [0.4, 0.5) is 0 Å². The Labute approximate surface area is 105 Å². The van der Waals surface area contributed by atoms with E-state index in [0.29, 0.717) is 13.0 Å². The van der Waals surface area contributed by atoms with E-state index in [1.54, 1.807) is 6.92 Å². The van der Waals surface area contributed by atoms with Crippen molar-refractivity contribution in [3.05, 3.63) is 36.0 Å². The Morgan fingerprint density at radius 2 is 2.33 bits per heavy atom. The van der Waals surface area contributed by atoms with Gasteiger partial charge in [0, 0.05) is 11.7 Å². The molecule has 1 unspecified atom stereocenters. The molecule has 0 bridgehead atoms. The van der Waals surface area contributed by atoms with Crippen molar-refractivity contribution in [1.82, 2.24) is 4.98 Å². The van der Waals surface area contributed by atoms with Crippen LogP contribution < -0.4 is 0 Å². The molecule has 4 nitrogen and oxygen atoms in total. The van der Waals surface area contributed by atoms with Crippen LogP contribution in [0.25, 0.3) is 10.9 Å². The molecule has 0 radical (unpaired) electrons. The number of nitriles is 1. The number of nitrogens with zero attached hydrogens (tertiary/aromatic N) is 1. The number of aromatic nitrogens is 1. The predicted octanol–water partition coefficient (Wildman–Crippen LogP) is 2.41. The predicted molar refractivity (Wildman–Crippen MR) is 67.7 cm³/mol. The van der Waals surface area contributed by atoms with Crippen LogP contribution in [-0.2, 0) is 16.0 Å². The molecule has 0 aliphatic heterocycles. The van der Waals surface area contributed by atoms with Gasteiger partial charge < -0.3 is 9.72 Å². The highest BCUT2D eigenvalue weighted by Gasteiger charge is 2.19. The highest BCUT2D eigenvalue weighted by atomic mass is 16.5. The van der Waals surface area contributed by atoms with E-state index in [9.17, 15) is 4.79 Å². The standard InChI is InChI=1S/C14H14N2O2/c1-2-18-14(17)12(9-15)7-10-3-4-11-5-6-16-13(11)8-10/h3-6,8,12,16H,2,7H2,1H3. The van der Waals surface area contributed by atoms with Gasteiger partial charge in [0.25, 0.3) is 0 Å². The van der Waals surface area contributed by atoms with Gasteiger partial charge in [0.05, 0.1) is 12.7 Å². The summed E-state index contributed by atoms with van der Waals surface area (Å²) < 4.78 is 4.87. The lowest BCUT2D eigenvalue weighted by Gasteiger charge is -2.08. The molecule has 1 aromatic heterocycles. The van der Waals surface area contributed by atoms with E-state index in [1.807, 2.05) is 36.5 Å². The first kappa shape index (κ1) is 12.2. The molecule has 1 N–H and O–H groups in total. The SMILES string of the molecule is CCOC(=O)C(C#N)Cc1ccc2cc[nH]c2c1. The van der Waals surface area contributed by atoms with Gasteiger partial charge in [-0.2, -0.15) is 5.26 Å². The average molecular weight is 242 g/mol. The Bertz CT molecular complexity index is 595. The first-order chi connectivity index (χ1) is 8.74. The average Bonchev–Trinajstić information content (AvgIpc) is 2.83. The second-order valence-electron chi connectivity index (χ2n) is 4.04. The Morgan fingerprint density at radius 1 is 1.50 bits per heavy atom. The van der Waals surface area contributed by atoms with E-state index in [4.69, 9.17) is 10.00 Å². The van der Waals surface area contributed by atoms with Crippen LogP contribution in [0.3, 0.4) is 0 Å². The van der Waals surface area contributed by atoms with E-state index in [2.05, 4.69) is 4.98 Å². The molecule has 4 heteroatoms. The number of fused-ring (bicyclic) bond motifs is 1. The van der Waals surface area contributed by atoms with Crippen LogP contribution >= 0.6 is 0 Å². The first-order valence-electron chi connectivity index (χ1n) is 5.87. The lowest BCUT2D eigenvalue weighted by molar-refractivity contribution is -0.145. The lowest BCUT2D eigenvalue weighted by atomic mass is 10.00. The van der Waals surface area contributed by atoms with Crippen LogP contribution in [-0.4, -0.2) is 17.6 Å². The van der Waals surface area contributed by atoms with Gasteiger partial charge in [-0.3, -0.25) is 4.79 Å². The van der Waals surface area contributed by atoms with Crippen molar-refractivity contribution in [2.24, 2.45) is 5.92 Å². The van der Waals surface area contributed by atoms with Crippen molar-refractivity contribution in [2.75, 3.05) is 6.61 Å². The number of hydrogen-bond donors (Lipinski definition) is 1. The zero-order chi connectivity index (χ0) is 13.0. The number of carbonyl (C=O) groups excluding carboxylic acids is 1. The Balaban J connectivity index is 2.16. The van der Waals surface area contributed by atoms with E-state index in [1.165, 1.54) is 0 Å². The van der Waals surface area contributed by atoms with Crippen molar-refractivity contribution in [3.8, 4) is 6.07 Å². The number of aromatic amines is 1. The Hall–Kier alpha value is -2.28. The van der Waals surface area contributed by atoms with Gasteiger partial charge in [0.2, 0.25) is 0 Å². The van der Waals surface area contributed by atoms with E-state index in [-0.39, 0.29) is 0 Å². The summed E-state index contributed by atoms with van der Waals surface area (Å²) in [6.45, 7) is 2.03. The van der Waals surface area contributed by atoms with Gasteiger partial charge >= 0.3 is 5.97 Å². The third-order valence-electron chi connectivity index (χ3n) is 2.79. The van der Waals surface area contributed by atoms with Gasteiger partial charge in [-0.15, -0.1) is 0 Å². The monoisotopic (exact) mass is 242 g/mol. The molecular weight excluding hydrogens is 228 g/mol. The zero-order valence-electron chi connectivity index (χ0n) is 10.1. The number of ether oxygens (including phenoxy) is 1. The van der Waals surface area contributed by atoms with Crippen molar-refractivity contribution in [1.29, 1.82) is 5.26 Å². The third-order valence-corrected chi connectivity index (χ3v) is 2.79. The molecule has 0 saturated carbocycles. The number of nitrogens with one attached hydrogen (secondary N) is 1. The summed E-state index contributed by atoms with van der Waals surface area (Å²) in [5.41, 5.74) is 1.96. The Kier molecular flexibility index (Phi) is 3.63. The molecule has 0 fully saturated rings. The highest BCUT2D eigenvalue weighted by Crippen LogP contribution is 2.17. The van der Waals surface area contributed by atoms with Crippen LogP contribution in [0.5, 0.6) is 0 Å². The van der Waals surface area contributed by atoms with Gasteiger partial charge in [-0.1, -0.05) is 12.1 Å². The molecule has 0 spiro atoms. The summed E-state index contributed by atoms with van der Waals surface area (Å²) in [4.78, 5) is 14.6. The maximum Gasteiger partial charge on any atom is 0.323 e. The maximum atomic E-state index is 11.5. The molecule has 18 heavy (non-hydrogen) atoms. The van der Waals surface area contributed by atoms with Crippen molar-refractivity contribution >= 4 is 16.9 Å². The van der Waals surface area contributed by atoms with Crippen LogP contribution in [0.15, 0.2) is 30.5 Å². The number of rotatable bonds is 4. The number of benzene rings is 1. The second-order valence-corrected chi connectivity index (χ2v) is 4.04. The molecule has 0 aliphatic carbocycles. The minimum absolute atomic E-state index is 0.298. The fourth-order valence-electron chi connectivity index (χ4n) is 1.88. The minimum Gasteiger partial charge on any atom is -0.465 e. The molecule has 1 aromatic carbocycles. The normalized spacial score (nSPS) is 12.0. The number of esters is 1.